The van der Waals surface area contributed by atoms with Crippen LogP contribution < -0.4 is 10.1 Å². The molecule has 1 amide bonds. The summed E-state index contributed by atoms with van der Waals surface area (Å²) in [6, 6.07) is 1.52. The Morgan fingerprint density at radius 3 is 2.94 bits per heavy atom. The molecule has 4 nitrogen and oxygen atoms in total. The van der Waals surface area contributed by atoms with Crippen molar-refractivity contribution >= 4 is 21.8 Å². The van der Waals surface area contributed by atoms with Crippen LogP contribution in [0.2, 0.25) is 0 Å². The number of nitrogens with zero attached hydrogens (tertiary/aromatic N) is 1. The smallest absolute Gasteiger partial charge is 0.283 e. The number of carbonyl (C=O) groups is 1. The van der Waals surface area contributed by atoms with Gasteiger partial charge in [0.25, 0.3) is 11.8 Å². The molecule has 1 aromatic heterocycles. The van der Waals surface area contributed by atoms with Crippen LogP contribution in [0.4, 0.5) is 8.78 Å². The van der Waals surface area contributed by atoms with Gasteiger partial charge in [-0.25, -0.2) is 13.8 Å². The summed E-state index contributed by atoms with van der Waals surface area (Å²) in [5.74, 6) is -3.69. The Kier molecular flexibility index (Phi) is 4.77. The second-order valence-corrected chi connectivity index (χ2v) is 4.27. The van der Waals surface area contributed by atoms with Gasteiger partial charge in [0.2, 0.25) is 0 Å². The quantitative estimate of drug-likeness (QED) is 0.848. The Labute approximate surface area is 111 Å². The molecule has 1 aromatic rings. The van der Waals surface area contributed by atoms with E-state index in [9.17, 15) is 13.6 Å². The normalized spacial score (nSPS) is 10.9. The van der Waals surface area contributed by atoms with Crippen LogP contribution in [0, 0.1) is 0 Å². The summed E-state index contributed by atoms with van der Waals surface area (Å²) >= 11 is 3.16. The first-order valence-electron chi connectivity index (χ1n) is 4.89. The number of halogens is 3. The number of pyridine rings is 1. The van der Waals surface area contributed by atoms with Crippen LogP contribution in [0.15, 0.2) is 29.4 Å². The Bertz CT molecular complexity index is 466. The molecule has 0 fully saturated rings. The lowest BCUT2D eigenvalue weighted by atomic mass is 10.3. The van der Waals surface area contributed by atoms with Gasteiger partial charge in [0, 0.05) is 10.7 Å². The van der Waals surface area contributed by atoms with E-state index in [0.717, 1.165) is 0 Å². The molecule has 0 bridgehead atoms. The van der Waals surface area contributed by atoms with Crippen molar-refractivity contribution < 1.29 is 18.3 Å². The first-order chi connectivity index (χ1) is 8.39. The van der Waals surface area contributed by atoms with Crippen molar-refractivity contribution in [2.75, 3.05) is 13.7 Å². The number of nitrogens with one attached hydrogen (secondary N) is 1. The lowest BCUT2D eigenvalue weighted by Gasteiger charge is -2.13. The maximum absolute atomic E-state index is 12.9. The van der Waals surface area contributed by atoms with E-state index >= 15 is 0 Å². The summed E-state index contributed by atoms with van der Waals surface area (Å²) in [5, 5.41) is 2.07. The van der Waals surface area contributed by atoms with Crippen LogP contribution in [0.25, 0.3) is 0 Å². The fourth-order valence-electron chi connectivity index (χ4n) is 1.10. The molecular formula is C11H11BrF2N2O2. The number of aromatic nitrogens is 1. The number of methoxy groups -OCH3 is 1. The summed E-state index contributed by atoms with van der Waals surface area (Å²) in [6.45, 7) is 2.14. The fraction of sp³-hybridized carbons (Fsp3) is 0.273. The Morgan fingerprint density at radius 1 is 1.72 bits per heavy atom. The van der Waals surface area contributed by atoms with Crippen molar-refractivity contribution in [2.45, 2.75) is 5.92 Å². The fourth-order valence-corrected chi connectivity index (χ4v) is 1.41. The van der Waals surface area contributed by atoms with Gasteiger partial charge in [-0.05, 0) is 28.1 Å². The van der Waals surface area contributed by atoms with E-state index in [2.05, 4.69) is 32.8 Å². The van der Waals surface area contributed by atoms with Gasteiger partial charge < -0.3 is 10.1 Å². The van der Waals surface area contributed by atoms with E-state index in [0.29, 0.717) is 10.5 Å². The van der Waals surface area contributed by atoms with E-state index in [1.807, 2.05) is 0 Å². The molecule has 1 heterocycles. The van der Waals surface area contributed by atoms with Gasteiger partial charge >= 0.3 is 0 Å². The lowest BCUT2D eigenvalue weighted by molar-refractivity contribution is 0.0510. The number of alkyl halides is 2. The molecule has 1 rings (SSSR count). The van der Waals surface area contributed by atoms with Crippen LogP contribution in [-0.4, -0.2) is 30.5 Å². The molecule has 0 saturated heterocycles. The summed E-state index contributed by atoms with van der Waals surface area (Å²) in [5.41, 5.74) is -0.0550. The minimum Gasteiger partial charge on any atom is -0.494 e. The third-order valence-corrected chi connectivity index (χ3v) is 2.47. The minimum atomic E-state index is -3.15. The van der Waals surface area contributed by atoms with E-state index < -0.39 is 18.4 Å². The molecule has 0 aliphatic rings. The van der Waals surface area contributed by atoms with Crippen molar-refractivity contribution in [3.05, 3.63) is 35.1 Å². The van der Waals surface area contributed by atoms with Gasteiger partial charge in [-0.15, -0.1) is 0 Å². The second kappa shape index (κ2) is 5.90. The molecule has 18 heavy (non-hydrogen) atoms. The highest BCUT2D eigenvalue weighted by atomic mass is 79.9. The van der Waals surface area contributed by atoms with Gasteiger partial charge in [-0.1, -0.05) is 6.58 Å². The van der Waals surface area contributed by atoms with Crippen molar-refractivity contribution in [3.8, 4) is 5.75 Å². The third-order valence-electron chi connectivity index (χ3n) is 2.04. The highest BCUT2D eigenvalue weighted by Crippen LogP contribution is 2.21. The standard InChI is InChI=1S/C11H11BrF2N2O2/c1-3-11(13,14)6-16-10(17)9-8(18-2)4-7(12)5-15-9/h3-5H,1,6H2,2H3,(H,16,17). The van der Waals surface area contributed by atoms with Gasteiger partial charge in [0.1, 0.15) is 0 Å². The summed E-state index contributed by atoms with van der Waals surface area (Å²) in [6.07, 6.45) is 1.85. The largest absolute Gasteiger partial charge is 0.494 e. The number of rotatable bonds is 5. The number of carbonyl (C=O) groups excluding carboxylic acids is 1. The highest BCUT2D eigenvalue weighted by molar-refractivity contribution is 9.10. The monoisotopic (exact) mass is 320 g/mol. The lowest BCUT2D eigenvalue weighted by Crippen LogP contribution is -2.35. The van der Waals surface area contributed by atoms with Crippen molar-refractivity contribution in [2.24, 2.45) is 0 Å². The molecule has 0 radical (unpaired) electrons. The maximum Gasteiger partial charge on any atom is 0.283 e. The van der Waals surface area contributed by atoms with E-state index in [4.69, 9.17) is 4.74 Å². The summed E-state index contributed by atoms with van der Waals surface area (Å²) in [7, 11) is 1.36. The molecular weight excluding hydrogens is 310 g/mol. The van der Waals surface area contributed by atoms with E-state index in [1.165, 1.54) is 19.4 Å². The predicted molar refractivity (Wildman–Crippen MR) is 66.0 cm³/mol. The molecule has 0 aromatic carbocycles. The van der Waals surface area contributed by atoms with Crippen LogP contribution in [0.1, 0.15) is 10.5 Å². The predicted octanol–water partition coefficient (Wildman–Crippen LogP) is 2.40. The van der Waals surface area contributed by atoms with Crippen LogP contribution >= 0.6 is 15.9 Å². The molecule has 0 spiro atoms. The zero-order chi connectivity index (χ0) is 13.8. The highest BCUT2D eigenvalue weighted by Gasteiger charge is 2.26. The van der Waals surface area contributed by atoms with Gasteiger partial charge in [-0.3, -0.25) is 4.79 Å². The van der Waals surface area contributed by atoms with E-state index in [1.54, 1.807) is 0 Å². The Hall–Kier alpha value is -1.50. The minimum absolute atomic E-state index is 0.0550. The summed E-state index contributed by atoms with van der Waals surface area (Å²) < 4.78 is 31.3. The summed E-state index contributed by atoms with van der Waals surface area (Å²) in [4.78, 5) is 15.5. The van der Waals surface area contributed by atoms with Crippen molar-refractivity contribution in [1.82, 2.24) is 10.3 Å². The number of hydrogen-bond donors (Lipinski definition) is 1. The van der Waals surface area contributed by atoms with Crippen LogP contribution in [-0.2, 0) is 0 Å². The van der Waals surface area contributed by atoms with Crippen LogP contribution in [0.5, 0.6) is 5.75 Å². The molecule has 0 aliphatic heterocycles. The first-order valence-corrected chi connectivity index (χ1v) is 5.68. The average molecular weight is 321 g/mol. The molecule has 0 unspecified atom stereocenters. The number of amides is 1. The zero-order valence-electron chi connectivity index (χ0n) is 9.54. The molecule has 1 N–H and O–H groups in total. The SMILES string of the molecule is C=CC(F)(F)CNC(=O)c1ncc(Br)cc1OC. The Balaban J connectivity index is 2.82. The molecule has 0 saturated carbocycles. The zero-order valence-corrected chi connectivity index (χ0v) is 11.1. The van der Waals surface area contributed by atoms with Crippen molar-refractivity contribution in [1.29, 1.82) is 0 Å². The number of ether oxygens (including phenoxy) is 1. The molecule has 0 atom stereocenters. The Morgan fingerprint density at radius 2 is 2.39 bits per heavy atom. The van der Waals surface area contributed by atoms with E-state index in [-0.39, 0.29) is 11.4 Å². The van der Waals surface area contributed by atoms with Crippen molar-refractivity contribution in [3.63, 3.8) is 0 Å². The average Bonchev–Trinajstić information content (AvgIpc) is 2.36. The molecule has 0 aliphatic carbocycles. The van der Waals surface area contributed by atoms with Gasteiger partial charge in [-0.2, -0.15) is 0 Å². The van der Waals surface area contributed by atoms with Gasteiger partial charge in [0.05, 0.1) is 13.7 Å². The van der Waals surface area contributed by atoms with Crippen LogP contribution in [0.3, 0.4) is 0 Å². The molecule has 7 heteroatoms. The number of hydrogen-bond acceptors (Lipinski definition) is 3. The third kappa shape index (κ3) is 3.76. The van der Waals surface area contributed by atoms with Gasteiger partial charge in [0.15, 0.2) is 11.4 Å². The molecule has 98 valence electrons. The first kappa shape index (κ1) is 14.6. The topological polar surface area (TPSA) is 51.2 Å². The maximum atomic E-state index is 12.9. The second-order valence-electron chi connectivity index (χ2n) is 3.35.